The SMILES string of the molecule is C=C1CCC2(c3cc(O)c(CCC(O)NC)n3C)CCC(C)C3(C)CCC4C(C)(C)C(OC(=O)CC(C)(C)C(=O)O)CCC4(C)C3CCCC2=C(C(C)C)C1. The summed E-state index contributed by atoms with van der Waals surface area (Å²) in [4.78, 5) is 25.0. The Morgan fingerprint density at radius 1 is 1.02 bits per heavy atom. The van der Waals surface area contributed by atoms with Crippen molar-refractivity contribution in [2.45, 2.75) is 176 Å². The van der Waals surface area contributed by atoms with Crippen LogP contribution in [0, 0.1) is 45.3 Å². The van der Waals surface area contributed by atoms with E-state index in [4.69, 9.17) is 4.74 Å². The molecule has 0 amide bonds. The first kappa shape index (κ1) is 43.5. The summed E-state index contributed by atoms with van der Waals surface area (Å²) >= 11 is 0. The largest absolute Gasteiger partial charge is 0.506 e. The molecule has 0 spiro atoms. The number of nitrogens with one attached hydrogen (secondary N) is 1. The lowest BCUT2D eigenvalue weighted by atomic mass is 9.40. The van der Waals surface area contributed by atoms with Crippen LogP contribution in [0.1, 0.15) is 164 Å². The molecular weight excluding hydrogens is 689 g/mol. The van der Waals surface area contributed by atoms with Gasteiger partial charge in [-0.1, -0.05) is 71.8 Å². The quantitative estimate of drug-likeness (QED) is 0.106. The molecule has 4 aliphatic rings. The molecule has 8 nitrogen and oxygen atoms in total. The van der Waals surface area contributed by atoms with Crippen LogP contribution >= 0.6 is 0 Å². The van der Waals surface area contributed by atoms with Gasteiger partial charge >= 0.3 is 11.9 Å². The number of aliphatic carboxylic acids is 1. The van der Waals surface area contributed by atoms with E-state index in [1.165, 1.54) is 16.8 Å². The normalized spacial score (nSPS) is 33.6. The monoisotopic (exact) mass is 765 g/mol. The number of esters is 1. The molecule has 1 heterocycles. The molecule has 1 aromatic rings. The fraction of sp³-hybridized carbons (Fsp3) is 0.787. The van der Waals surface area contributed by atoms with Gasteiger partial charge in [-0.05, 0) is 145 Å². The van der Waals surface area contributed by atoms with Crippen LogP contribution in [0.5, 0.6) is 5.75 Å². The summed E-state index contributed by atoms with van der Waals surface area (Å²) in [5.41, 5.74) is 5.19. The molecule has 0 bridgehead atoms. The maximum atomic E-state index is 13.2. The molecule has 310 valence electrons. The van der Waals surface area contributed by atoms with Gasteiger partial charge in [0, 0.05) is 29.6 Å². The number of fused-ring (bicyclic) bond motifs is 4. The van der Waals surface area contributed by atoms with E-state index >= 15 is 0 Å². The summed E-state index contributed by atoms with van der Waals surface area (Å²) < 4.78 is 8.49. The van der Waals surface area contributed by atoms with Crippen LogP contribution in [-0.2, 0) is 33.2 Å². The van der Waals surface area contributed by atoms with Crippen molar-refractivity contribution in [1.29, 1.82) is 0 Å². The average molecular weight is 765 g/mol. The standard InChI is InChI=1S/C47H76N2O6/c1-29(2)32-26-30(3)18-24-47(38-27-35(50)34(49(38)12)16-17-40(51)48-11)25-19-31(4)45(9)22-20-36-44(7,8)39(55-41(52)28-43(5,6)42(53)54)21-23-46(36,10)37(45)15-13-14-33(32)47/h27,29,31,36-37,39-40,48,50-51H,3,13-26,28H2,1-2,4-12H3,(H,53,54). The Morgan fingerprint density at radius 3 is 2.33 bits per heavy atom. The number of allylic oxidation sites excluding steroid dienone is 3. The molecule has 5 rings (SSSR count). The van der Waals surface area contributed by atoms with Gasteiger partial charge in [0.1, 0.15) is 18.1 Å². The molecular formula is C47H76N2O6. The Hall–Kier alpha value is -2.58. The van der Waals surface area contributed by atoms with Crippen molar-refractivity contribution in [2.24, 2.45) is 52.4 Å². The lowest BCUT2D eigenvalue weighted by molar-refractivity contribution is -0.201. The van der Waals surface area contributed by atoms with E-state index in [0.717, 1.165) is 82.7 Å². The number of aromatic hydroxyl groups is 1. The molecule has 4 aliphatic carbocycles. The van der Waals surface area contributed by atoms with E-state index in [9.17, 15) is 24.9 Å². The minimum atomic E-state index is -1.16. The summed E-state index contributed by atoms with van der Waals surface area (Å²) in [5.74, 6) is 0.746. The highest BCUT2D eigenvalue weighted by Crippen LogP contribution is 2.68. The Morgan fingerprint density at radius 2 is 1.69 bits per heavy atom. The maximum absolute atomic E-state index is 13.2. The van der Waals surface area contributed by atoms with Crippen LogP contribution < -0.4 is 5.32 Å². The number of carbonyl (C=O) groups is 2. The van der Waals surface area contributed by atoms with Crippen LogP contribution in [-0.4, -0.2) is 51.2 Å². The topological polar surface area (TPSA) is 121 Å². The number of ether oxygens (including phenoxy) is 1. The number of hydrogen-bond acceptors (Lipinski definition) is 6. The lowest BCUT2D eigenvalue weighted by Gasteiger charge is -2.65. The van der Waals surface area contributed by atoms with Crippen molar-refractivity contribution in [3.05, 3.63) is 40.8 Å². The number of carboxylic acid groups (broad SMARTS) is 1. The lowest BCUT2D eigenvalue weighted by Crippen LogP contribution is -2.60. The minimum Gasteiger partial charge on any atom is -0.506 e. The van der Waals surface area contributed by atoms with Gasteiger partial charge in [-0.15, -0.1) is 0 Å². The second-order valence-electron chi connectivity index (χ2n) is 20.6. The second kappa shape index (κ2) is 16.0. The third-order valence-corrected chi connectivity index (χ3v) is 16.3. The fourth-order valence-electron chi connectivity index (χ4n) is 12.7. The molecule has 4 N–H and O–H groups in total. The molecule has 8 unspecified atom stereocenters. The summed E-state index contributed by atoms with van der Waals surface area (Å²) in [5, 5.41) is 34.4. The van der Waals surface area contributed by atoms with E-state index in [1.54, 1.807) is 26.5 Å². The predicted octanol–water partition coefficient (Wildman–Crippen LogP) is 10.0. The number of carbonyl (C=O) groups excluding carboxylic acids is 1. The molecule has 1 aromatic heterocycles. The van der Waals surface area contributed by atoms with Gasteiger partial charge < -0.3 is 24.6 Å². The molecule has 3 fully saturated rings. The third-order valence-electron chi connectivity index (χ3n) is 16.3. The number of aliphatic hydroxyl groups is 1. The van der Waals surface area contributed by atoms with Gasteiger partial charge in [-0.3, -0.25) is 14.9 Å². The zero-order chi connectivity index (χ0) is 40.9. The Balaban J connectivity index is 1.51. The molecule has 0 aromatic carbocycles. The van der Waals surface area contributed by atoms with Gasteiger partial charge in [0.15, 0.2) is 0 Å². The molecule has 0 aliphatic heterocycles. The van der Waals surface area contributed by atoms with E-state index < -0.39 is 23.6 Å². The predicted molar refractivity (Wildman–Crippen MR) is 221 cm³/mol. The van der Waals surface area contributed by atoms with Gasteiger partial charge in [0.25, 0.3) is 0 Å². The molecule has 3 saturated carbocycles. The smallest absolute Gasteiger partial charge is 0.309 e. The van der Waals surface area contributed by atoms with Gasteiger partial charge in [-0.2, -0.15) is 0 Å². The molecule has 0 saturated heterocycles. The summed E-state index contributed by atoms with van der Waals surface area (Å²) in [7, 11) is 3.89. The summed E-state index contributed by atoms with van der Waals surface area (Å²) in [6.07, 6.45) is 12.5. The highest BCUT2D eigenvalue weighted by molar-refractivity contribution is 5.81. The van der Waals surface area contributed by atoms with Crippen LogP contribution in [0.2, 0.25) is 0 Å². The highest BCUT2D eigenvalue weighted by Gasteiger charge is 2.62. The Bertz CT molecular complexity index is 1630. The summed E-state index contributed by atoms with van der Waals surface area (Å²) in [6, 6.07) is 2.07. The second-order valence-corrected chi connectivity index (χ2v) is 20.6. The number of aromatic nitrogens is 1. The third kappa shape index (κ3) is 7.98. The molecule has 0 radical (unpaired) electrons. The molecule has 8 atom stereocenters. The van der Waals surface area contributed by atoms with E-state index in [-0.39, 0.29) is 34.2 Å². The number of rotatable bonds is 10. The van der Waals surface area contributed by atoms with Crippen LogP contribution in [0.25, 0.3) is 0 Å². The first-order chi connectivity index (χ1) is 25.5. The van der Waals surface area contributed by atoms with Gasteiger partial charge in [-0.25, -0.2) is 0 Å². The average Bonchev–Trinajstić information content (AvgIpc) is 3.29. The minimum absolute atomic E-state index is 0.0913. The molecule has 55 heavy (non-hydrogen) atoms. The van der Waals surface area contributed by atoms with Gasteiger partial charge in [0.2, 0.25) is 0 Å². The highest BCUT2D eigenvalue weighted by atomic mass is 16.5. The van der Waals surface area contributed by atoms with Gasteiger partial charge in [0.05, 0.1) is 17.5 Å². The zero-order valence-electron chi connectivity index (χ0n) is 36.4. The molecule has 8 heteroatoms. The van der Waals surface area contributed by atoms with Crippen molar-refractivity contribution in [3.8, 4) is 5.75 Å². The number of aliphatic hydroxyl groups excluding tert-OH is 1. The Labute approximate surface area is 333 Å². The van der Waals surface area contributed by atoms with Crippen molar-refractivity contribution >= 4 is 11.9 Å². The van der Waals surface area contributed by atoms with E-state index in [2.05, 4.69) is 78.0 Å². The number of carboxylic acids is 1. The summed E-state index contributed by atoms with van der Waals surface area (Å²) in [6.45, 7) is 24.8. The maximum Gasteiger partial charge on any atom is 0.309 e. The van der Waals surface area contributed by atoms with Crippen molar-refractivity contribution in [1.82, 2.24) is 9.88 Å². The Kier molecular flexibility index (Phi) is 12.7. The van der Waals surface area contributed by atoms with Crippen LogP contribution in [0.4, 0.5) is 0 Å². The van der Waals surface area contributed by atoms with Crippen LogP contribution in [0.15, 0.2) is 29.4 Å². The number of hydrogen-bond donors (Lipinski definition) is 4. The zero-order valence-corrected chi connectivity index (χ0v) is 36.4. The van der Waals surface area contributed by atoms with Crippen LogP contribution in [0.3, 0.4) is 0 Å². The first-order valence-electron chi connectivity index (χ1n) is 21.6. The van der Waals surface area contributed by atoms with E-state index in [0.29, 0.717) is 42.3 Å². The van der Waals surface area contributed by atoms with Crippen molar-refractivity contribution in [3.63, 3.8) is 0 Å². The first-order valence-corrected chi connectivity index (χ1v) is 21.6. The van der Waals surface area contributed by atoms with Crippen molar-refractivity contribution in [2.75, 3.05) is 7.05 Å². The number of nitrogens with zero attached hydrogens (tertiary/aromatic N) is 1. The fourth-order valence-corrected chi connectivity index (χ4v) is 12.7. The van der Waals surface area contributed by atoms with Crippen molar-refractivity contribution < 1.29 is 29.6 Å². The van der Waals surface area contributed by atoms with E-state index in [1.807, 2.05) is 0 Å².